The second-order valence-electron chi connectivity index (χ2n) is 8.72. The number of benzene rings is 1. The lowest BCUT2D eigenvalue weighted by Crippen LogP contribution is -2.49. The normalized spacial score (nSPS) is 14.0. The monoisotopic (exact) mass is 455 g/mol. The van der Waals surface area contributed by atoms with Crippen molar-refractivity contribution in [3.63, 3.8) is 0 Å². The van der Waals surface area contributed by atoms with Gasteiger partial charge in [-0.05, 0) is 37.1 Å². The van der Waals surface area contributed by atoms with Gasteiger partial charge in [0, 0.05) is 57.6 Å². The third-order valence-electron chi connectivity index (χ3n) is 6.30. The fourth-order valence-corrected chi connectivity index (χ4v) is 4.40. The van der Waals surface area contributed by atoms with Gasteiger partial charge in [0.15, 0.2) is 5.65 Å². The number of hydrogen-bond acceptors (Lipinski definition) is 6. The first kappa shape index (κ1) is 22.0. The van der Waals surface area contributed by atoms with Gasteiger partial charge in [-0.1, -0.05) is 29.8 Å². The van der Waals surface area contributed by atoms with Gasteiger partial charge < -0.3 is 14.4 Å². The van der Waals surface area contributed by atoms with Crippen LogP contribution in [0, 0.1) is 6.92 Å². The fourth-order valence-electron chi connectivity index (χ4n) is 4.40. The van der Waals surface area contributed by atoms with Gasteiger partial charge in [0.2, 0.25) is 11.9 Å². The summed E-state index contributed by atoms with van der Waals surface area (Å²) in [5, 5.41) is 0. The van der Waals surface area contributed by atoms with Gasteiger partial charge in [0.1, 0.15) is 11.3 Å². The summed E-state index contributed by atoms with van der Waals surface area (Å²) < 4.78 is 2.18. The summed E-state index contributed by atoms with van der Waals surface area (Å²) >= 11 is 0. The molecule has 8 heteroatoms. The number of fused-ring (bicyclic) bond motifs is 1. The summed E-state index contributed by atoms with van der Waals surface area (Å²) in [6, 6.07) is 14.3. The van der Waals surface area contributed by atoms with Crippen LogP contribution >= 0.6 is 0 Å². The summed E-state index contributed by atoms with van der Waals surface area (Å²) in [6.45, 7) is 5.73. The highest BCUT2D eigenvalue weighted by atomic mass is 16.2. The minimum absolute atomic E-state index is 0.202. The number of piperazine rings is 1. The van der Waals surface area contributed by atoms with E-state index in [1.807, 2.05) is 29.3 Å². The zero-order valence-corrected chi connectivity index (χ0v) is 19.5. The number of anilines is 1. The highest BCUT2D eigenvalue weighted by molar-refractivity contribution is 5.76. The van der Waals surface area contributed by atoms with Crippen molar-refractivity contribution in [1.82, 2.24) is 29.4 Å². The molecule has 1 saturated heterocycles. The van der Waals surface area contributed by atoms with E-state index in [2.05, 4.69) is 55.6 Å². The highest BCUT2D eigenvalue weighted by Crippen LogP contribution is 2.19. The molecule has 8 nitrogen and oxygen atoms in total. The predicted octanol–water partition coefficient (Wildman–Crippen LogP) is 3.25. The second-order valence-corrected chi connectivity index (χ2v) is 8.72. The number of imidazole rings is 1. The van der Waals surface area contributed by atoms with Gasteiger partial charge in [-0.2, -0.15) is 0 Å². The summed E-state index contributed by atoms with van der Waals surface area (Å²) in [5.74, 6) is 1.91. The van der Waals surface area contributed by atoms with Crippen LogP contribution in [0.4, 0.5) is 5.95 Å². The molecule has 0 aliphatic carbocycles. The van der Waals surface area contributed by atoms with Gasteiger partial charge in [-0.15, -0.1) is 0 Å². The predicted molar refractivity (Wildman–Crippen MR) is 132 cm³/mol. The van der Waals surface area contributed by atoms with E-state index < -0.39 is 0 Å². The number of rotatable bonds is 7. The Labute approximate surface area is 199 Å². The van der Waals surface area contributed by atoms with Gasteiger partial charge in [0.05, 0.1) is 6.54 Å². The fraction of sp³-hybridized carbons (Fsp3) is 0.346. The highest BCUT2D eigenvalue weighted by Gasteiger charge is 2.22. The van der Waals surface area contributed by atoms with Crippen LogP contribution in [0.5, 0.6) is 0 Å². The number of nitrogens with zero attached hydrogens (tertiary/aromatic N) is 7. The summed E-state index contributed by atoms with van der Waals surface area (Å²) in [6.07, 6.45) is 7.33. The van der Waals surface area contributed by atoms with E-state index in [4.69, 9.17) is 4.98 Å². The second kappa shape index (κ2) is 9.99. The molecule has 0 radical (unpaired) electrons. The average Bonchev–Trinajstić information content (AvgIpc) is 3.23. The van der Waals surface area contributed by atoms with Crippen LogP contribution < -0.4 is 4.90 Å². The number of amides is 1. The number of carbonyl (C=O) groups excluding carboxylic acids is 1. The van der Waals surface area contributed by atoms with E-state index in [0.29, 0.717) is 19.5 Å². The Morgan fingerprint density at radius 1 is 0.912 bits per heavy atom. The Kier molecular flexibility index (Phi) is 6.46. The van der Waals surface area contributed by atoms with Crippen molar-refractivity contribution >= 4 is 23.0 Å². The molecule has 1 aliphatic heterocycles. The molecule has 1 fully saturated rings. The Balaban J connectivity index is 1.20. The SMILES string of the molecule is Cc1ccc(Cn2c(CCCC(=O)N3CCN(c4ncccn4)CC3)nc3cccnc32)cc1. The number of aromatic nitrogens is 5. The Hall–Kier alpha value is -3.81. The van der Waals surface area contributed by atoms with Crippen molar-refractivity contribution in [2.24, 2.45) is 0 Å². The number of hydrogen-bond donors (Lipinski definition) is 0. The lowest BCUT2D eigenvalue weighted by Gasteiger charge is -2.34. The van der Waals surface area contributed by atoms with Crippen molar-refractivity contribution in [3.8, 4) is 0 Å². The smallest absolute Gasteiger partial charge is 0.225 e. The molecule has 0 spiro atoms. The van der Waals surface area contributed by atoms with E-state index in [9.17, 15) is 4.79 Å². The first-order chi connectivity index (χ1) is 16.7. The molecule has 4 aromatic rings. The number of carbonyl (C=O) groups is 1. The zero-order chi connectivity index (χ0) is 23.3. The molecule has 0 unspecified atom stereocenters. The molecule has 0 N–H and O–H groups in total. The van der Waals surface area contributed by atoms with Crippen LogP contribution in [0.25, 0.3) is 11.2 Å². The molecule has 34 heavy (non-hydrogen) atoms. The average molecular weight is 456 g/mol. The minimum Gasteiger partial charge on any atom is -0.339 e. The Bertz CT molecular complexity index is 1250. The van der Waals surface area contributed by atoms with Crippen molar-refractivity contribution in [2.45, 2.75) is 32.7 Å². The molecule has 0 saturated carbocycles. The quantitative estimate of drug-likeness (QED) is 0.426. The molecule has 0 atom stereocenters. The minimum atomic E-state index is 0.202. The third kappa shape index (κ3) is 4.90. The van der Waals surface area contributed by atoms with Gasteiger partial charge in [-0.3, -0.25) is 4.79 Å². The molecular formula is C26H29N7O. The maximum absolute atomic E-state index is 12.8. The van der Waals surface area contributed by atoms with E-state index in [1.165, 1.54) is 11.1 Å². The number of aryl methyl sites for hydroxylation is 2. The largest absolute Gasteiger partial charge is 0.339 e. The van der Waals surface area contributed by atoms with E-state index >= 15 is 0 Å². The van der Waals surface area contributed by atoms with Crippen LogP contribution in [0.2, 0.25) is 0 Å². The van der Waals surface area contributed by atoms with E-state index in [-0.39, 0.29) is 5.91 Å². The topological polar surface area (TPSA) is 80.0 Å². The van der Waals surface area contributed by atoms with Gasteiger partial charge in [-0.25, -0.2) is 19.9 Å². The molecule has 1 aromatic carbocycles. The summed E-state index contributed by atoms with van der Waals surface area (Å²) in [5.41, 5.74) is 4.25. The lowest BCUT2D eigenvalue weighted by atomic mass is 10.1. The maximum atomic E-state index is 12.8. The lowest BCUT2D eigenvalue weighted by molar-refractivity contribution is -0.131. The standard InChI is InChI=1S/C26H29N7O/c1-20-8-10-21(11-9-20)19-33-23(30-22-5-3-12-27-25(22)33)6-2-7-24(34)31-15-17-32(18-16-31)26-28-13-4-14-29-26/h3-5,8-14H,2,6-7,15-19H2,1H3. The molecule has 1 aliphatic rings. The first-order valence-electron chi connectivity index (χ1n) is 11.8. The Morgan fingerprint density at radius 3 is 2.41 bits per heavy atom. The first-order valence-corrected chi connectivity index (χ1v) is 11.8. The van der Waals surface area contributed by atoms with E-state index in [1.54, 1.807) is 12.4 Å². The molecule has 1 amide bonds. The Morgan fingerprint density at radius 2 is 1.65 bits per heavy atom. The van der Waals surface area contributed by atoms with Gasteiger partial charge in [0.25, 0.3) is 0 Å². The van der Waals surface area contributed by atoms with Gasteiger partial charge >= 0.3 is 0 Å². The summed E-state index contributed by atoms with van der Waals surface area (Å²) in [4.78, 5) is 35.0. The number of pyridine rings is 1. The maximum Gasteiger partial charge on any atom is 0.225 e. The third-order valence-corrected chi connectivity index (χ3v) is 6.30. The van der Waals surface area contributed by atoms with Crippen LogP contribution in [0.3, 0.4) is 0 Å². The van der Waals surface area contributed by atoms with Crippen LogP contribution in [0.15, 0.2) is 61.1 Å². The van der Waals surface area contributed by atoms with Crippen molar-refractivity contribution < 1.29 is 4.79 Å². The van der Waals surface area contributed by atoms with Crippen molar-refractivity contribution in [3.05, 3.63) is 78.0 Å². The molecular weight excluding hydrogens is 426 g/mol. The van der Waals surface area contributed by atoms with E-state index in [0.717, 1.165) is 55.4 Å². The van der Waals surface area contributed by atoms with Crippen LogP contribution in [-0.2, 0) is 17.8 Å². The van der Waals surface area contributed by atoms with Crippen molar-refractivity contribution in [1.29, 1.82) is 0 Å². The molecule has 4 heterocycles. The molecule has 5 rings (SSSR count). The van der Waals surface area contributed by atoms with Crippen LogP contribution in [-0.4, -0.2) is 61.5 Å². The molecule has 0 bridgehead atoms. The molecule has 174 valence electrons. The zero-order valence-electron chi connectivity index (χ0n) is 19.5. The van der Waals surface area contributed by atoms with Crippen LogP contribution in [0.1, 0.15) is 29.8 Å². The van der Waals surface area contributed by atoms with Crippen molar-refractivity contribution in [2.75, 3.05) is 31.1 Å². The molecule has 3 aromatic heterocycles. The summed E-state index contributed by atoms with van der Waals surface area (Å²) in [7, 11) is 0.